The van der Waals surface area contributed by atoms with Gasteiger partial charge in [0.15, 0.2) is 0 Å². The number of nitrogens with zero attached hydrogens (tertiary/aromatic N) is 1. The molecule has 0 aliphatic carbocycles. The molecule has 2 unspecified atom stereocenters. The summed E-state index contributed by atoms with van der Waals surface area (Å²) in [6, 6.07) is 0. The lowest BCUT2D eigenvalue weighted by Crippen LogP contribution is -2.40. The lowest BCUT2D eigenvalue weighted by molar-refractivity contribution is 0.0255. The molecule has 0 saturated carbocycles. The molecule has 0 spiro atoms. The van der Waals surface area contributed by atoms with E-state index in [-0.39, 0.29) is 6.17 Å². The van der Waals surface area contributed by atoms with E-state index < -0.39 is 6.23 Å². The summed E-state index contributed by atoms with van der Waals surface area (Å²) < 4.78 is 0. The van der Waals surface area contributed by atoms with E-state index in [1.165, 1.54) is 51.4 Å². The van der Waals surface area contributed by atoms with E-state index in [4.69, 9.17) is 0 Å². The van der Waals surface area contributed by atoms with Crippen LogP contribution in [-0.4, -0.2) is 22.4 Å². The molecule has 1 heterocycles. The highest BCUT2D eigenvalue weighted by molar-refractivity contribution is 4.94. The maximum Gasteiger partial charge on any atom is 0.125 e. The molecule has 0 saturated heterocycles. The quantitative estimate of drug-likeness (QED) is 0.441. The van der Waals surface area contributed by atoms with Gasteiger partial charge in [-0.3, -0.25) is 0 Å². The smallest absolute Gasteiger partial charge is 0.125 e. The largest absolute Gasteiger partial charge is 0.374 e. The number of hydrogen-bond donors (Lipinski definition) is 2. The molecule has 2 atom stereocenters. The van der Waals surface area contributed by atoms with Gasteiger partial charge >= 0.3 is 0 Å². The van der Waals surface area contributed by atoms with Gasteiger partial charge in [0.25, 0.3) is 0 Å². The number of allylic oxidation sites excluding steroid dienone is 2. The van der Waals surface area contributed by atoms with Gasteiger partial charge in [-0.1, -0.05) is 38.3 Å². The summed E-state index contributed by atoms with van der Waals surface area (Å²) in [4.78, 5) is 1.98. The summed E-state index contributed by atoms with van der Waals surface area (Å²) in [7, 11) is 0. The average Bonchev–Trinajstić information content (AvgIpc) is 2.89. The van der Waals surface area contributed by atoms with Crippen molar-refractivity contribution in [3.63, 3.8) is 0 Å². The van der Waals surface area contributed by atoms with Gasteiger partial charge in [0.05, 0.1) is 0 Å². The normalized spacial score (nSPS) is 19.8. The van der Waals surface area contributed by atoms with Crippen molar-refractivity contribution in [1.82, 2.24) is 10.2 Å². The lowest BCUT2D eigenvalue weighted by atomic mass is 10.1. The Morgan fingerprint density at radius 2 is 1.85 bits per heavy atom. The fraction of sp³-hybridized carbons (Fsp3) is 0.765. The molecule has 0 bridgehead atoms. The molecule has 3 nitrogen and oxygen atoms in total. The Morgan fingerprint density at radius 1 is 1.15 bits per heavy atom. The molecule has 1 rings (SSSR count). The third kappa shape index (κ3) is 6.99. The Kier molecular flexibility index (Phi) is 9.22. The highest BCUT2D eigenvalue weighted by Crippen LogP contribution is 2.15. The molecule has 2 N–H and O–H groups in total. The monoisotopic (exact) mass is 280 g/mol. The van der Waals surface area contributed by atoms with Gasteiger partial charge in [0.1, 0.15) is 12.4 Å². The first kappa shape index (κ1) is 17.1. The van der Waals surface area contributed by atoms with E-state index >= 15 is 0 Å². The van der Waals surface area contributed by atoms with Gasteiger partial charge in [-0.15, -0.1) is 0 Å². The van der Waals surface area contributed by atoms with Crippen LogP contribution >= 0.6 is 0 Å². The minimum absolute atomic E-state index is 0.271. The van der Waals surface area contributed by atoms with E-state index in [1.54, 1.807) is 0 Å². The summed E-state index contributed by atoms with van der Waals surface area (Å²) >= 11 is 0. The van der Waals surface area contributed by atoms with Gasteiger partial charge in [0, 0.05) is 12.4 Å². The number of nitrogens with one attached hydrogen (secondary N) is 1. The highest BCUT2D eigenvalue weighted by Gasteiger charge is 2.20. The Labute approximate surface area is 124 Å². The Bertz CT molecular complexity index is 287. The predicted octanol–water partition coefficient (Wildman–Crippen LogP) is 4.11. The first-order valence-electron chi connectivity index (χ1n) is 8.29. The molecular weight excluding hydrogens is 248 g/mol. The number of aliphatic hydroxyl groups excluding tert-OH is 1. The van der Waals surface area contributed by atoms with E-state index in [0.717, 1.165) is 6.42 Å². The van der Waals surface area contributed by atoms with E-state index in [0.29, 0.717) is 0 Å². The number of rotatable bonds is 11. The predicted molar refractivity (Wildman–Crippen MR) is 86.0 cm³/mol. The van der Waals surface area contributed by atoms with Crippen LogP contribution in [-0.2, 0) is 0 Å². The summed E-state index contributed by atoms with van der Waals surface area (Å²) in [5.74, 6) is 0. The molecule has 1 aliphatic heterocycles. The molecule has 0 aromatic rings. The third-order valence-corrected chi connectivity index (χ3v) is 3.82. The Morgan fingerprint density at radius 3 is 2.50 bits per heavy atom. The maximum atomic E-state index is 9.61. The molecule has 1 aliphatic rings. The third-order valence-electron chi connectivity index (χ3n) is 3.82. The molecular formula is C17H32N2O. The van der Waals surface area contributed by atoms with Crippen molar-refractivity contribution in [1.29, 1.82) is 0 Å². The van der Waals surface area contributed by atoms with Crippen LogP contribution in [0.1, 0.15) is 71.6 Å². The zero-order valence-corrected chi connectivity index (χ0v) is 13.2. The molecule has 116 valence electrons. The fourth-order valence-electron chi connectivity index (χ4n) is 2.57. The van der Waals surface area contributed by atoms with Crippen LogP contribution in [0.25, 0.3) is 0 Å². The Balaban J connectivity index is 1.95. The molecule has 0 amide bonds. The average molecular weight is 280 g/mol. The van der Waals surface area contributed by atoms with E-state index in [1.807, 2.05) is 24.2 Å². The molecule has 20 heavy (non-hydrogen) atoms. The van der Waals surface area contributed by atoms with Crippen molar-refractivity contribution in [3.8, 4) is 0 Å². The van der Waals surface area contributed by atoms with E-state index in [9.17, 15) is 5.11 Å². The van der Waals surface area contributed by atoms with Gasteiger partial charge in [0.2, 0.25) is 0 Å². The van der Waals surface area contributed by atoms with Crippen molar-refractivity contribution in [2.45, 2.75) is 84.0 Å². The summed E-state index contributed by atoms with van der Waals surface area (Å²) in [6.45, 7) is 4.06. The highest BCUT2D eigenvalue weighted by atomic mass is 16.3. The van der Waals surface area contributed by atoms with Crippen molar-refractivity contribution in [2.75, 3.05) is 0 Å². The zero-order valence-electron chi connectivity index (χ0n) is 13.2. The molecule has 0 radical (unpaired) electrons. The van der Waals surface area contributed by atoms with Crippen molar-refractivity contribution in [3.05, 3.63) is 24.6 Å². The first-order valence-corrected chi connectivity index (χ1v) is 8.29. The van der Waals surface area contributed by atoms with E-state index in [2.05, 4.69) is 24.4 Å². The standard InChI is InChI=1S/C17H32N2O/c1-3-4-5-6-7-8-9-10-11-12-13-17-18-14-15-19(17)16(2)20/h8-9,14-18,20H,3-7,10-13H2,1-2H3/b9-8+. The zero-order chi connectivity index (χ0) is 14.6. The second-order valence-electron chi connectivity index (χ2n) is 5.68. The number of aliphatic hydroxyl groups is 1. The first-order chi connectivity index (χ1) is 9.75. The van der Waals surface area contributed by atoms with Gasteiger partial charge in [-0.25, -0.2) is 0 Å². The SMILES string of the molecule is CCCCCC/C=C/CCCCC1NC=CN1C(C)O. The van der Waals surface area contributed by atoms with Crippen molar-refractivity contribution in [2.24, 2.45) is 0 Å². The fourth-order valence-corrected chi connectivity index (χ4v) is 2.57. The van der Waals surface area contributed by atoms with Crippen LogP contribution in [0.5, 0.6) is 0 Å². The Hall–Kier alpha value is -0.960. The van der Waals surface area contributed by atoms with Crippen LogP contribution in [0.4, 0.5) is 0 Å². The topological polar surface area (TPSA) is 35.5 Å². The molecule has 3 heteroatoms. The van der Waals surface area contributed by atoms with Gasteiger partial charge in [-0.05, 0) is 45.4 Å². The van der Waals surface area contributed by atoms with Crippen LogP contribution in [0.15, 0.2) is 24.6 Å². The van der Waals surface area contributed by atoms with Gasteiger partial charge in [-0.2, -0.15) is 0 Å². The number of hydrogen-bond acceptors (Lipinski definition) is 3. The van der Waals surface area contributed by atoms with Crippen LogP contribution < -0.4 is 5.32 Å². The second-order valence-corrected chi connectivity index (χ2v) is 5.68. The minimum atomic E-state index is -0.408. The summed E-state index contributed by atoms with van der Waals surface area (Å²) in [5, 5.41) is 12.9. The molecule has 0 fully saturated rings. The van der Waals surface area contributed by atoms with Crippen molar-refractivity contribution < 1.29 is 5.11 Å². The molecule has 0 aromatic heterocycles. The van der Waals surface area contributed by atoms with Crippen LogP contribution in [0.2, 0.25) is 0 Å². The van der Waals surface area contributed by atoms with Crippen LogP contribution in [0.3, 0.4) is 0 Å². The summed E-state index contributed by atoms with van der Waals surface area (Å²) in [6.07, 6.45) is 19.7. The lowest BCUT2D eigenvalue weighted by Gasteiger charge is -2.28. The molecule has 0 aromatic carbocycles. The summed E-state index contributed by atoms with van der Waals surface area (Å²) in [5.41, 5.74) is 0. The van der Waals surface area contributed by atoms with Gasteiger partial charge < -0.3 is 15.3 Å². The number of unbranched alkanes of at least 4 members (excludes halogenated alkanes) is 6. The second kappa shape index (κ2) is 10.8. The maximum absolute atomic E-state index is 9.61. The van der Waals surface area contributed by atoms with Crippen LogP contribution in [0, 0.1) is 0 Å². The minimum Gasteiger partial charge on any atom is -0.374 e. The van der Waals surface area contributed by atoms with Crippen molar-refractivity contribution >= 4 is 0 Å².